The first-order valence-corrected chi connectivity index (χ1v) is 6.82. The van der Waals surface area contributed by atoms with Crippen LogP contribution in [0.15, 0.2) is 17.5 Å². The molecule has 0 saturated carbocycles. The molecular weight excluding hydrogens is 272 g/mol. The maximum absolute atomic E-state index is 12.2. The summed E-state index contributed by atoms with van der Waals surface area (Å²) in [6, 6.07) is 4.07. The number of carbonyl (C=O) groups is 1. The Morgan fingerprint density at radius 1 is 1.67 bits per heavy atom. The molecule has 102 valence electrons. The first-order chi connectivity index (χ1) is 8.31. The Kier molecular flexibility index (Phi) is 6.63. The molecule has 1 aromatic heterocycles. The maximum Gasteiger partial charge on any atom is 0.253 e. The fourth-order valence-electron chi connectivity index (χ4n) is 1.86. The summed E-state index contributed by atoms with van der Waals surface area (Å²) in [5.74, 6) is 0.0908. The first-order valence-electron chi connectivity index (χ1n) is 5.94. The van der Waals surface area contributed by atoms with Crippen LogP contribution in [0.2, 0.25) is 0 Å². The van der Waals surface area contributed by atoms with Crippen molar-refractivity contribution < 1.29 is 9.53 Å². The van der Waals surface area contributed by atoms with E-state index in [-0.39, 0.29) is 24.4 Å². The Morgan fingerprint density at radius 2 is 2.50 bits per heavy atom. The Bertz CT molecular complexity index is 353. The lowest BCUT2D eigenvalue weighted by Crippen LogP contribution is -2.49. The minimum absolute atomic E-state index is 0. The fourth-order valence-corrected chi connectivity index (χ4v) is 2.58. The van der Waals surface area contributed by atoms with Gasteiger partial charge in [0.05, 0.1) is 13.2 Å². The van der Waals surface area contributed by atoms with Gasteiger partial charge in [0.2, 0.25) is 0 Å². The second kappa shape index (κ2) is 7.74. The molecule has 1 amide bonds. The number of likely N-dealkylation sites (N-methyl/N-ethyl adjacent to an activating group) is 1. The zero-order chi connectivity index (χ0) is 12.1. The highest BCUT2D eigenvalue weighted by Gasteiger charge is 2.26. The van der Waals surface area contributed by atoms with Gasteiger partial charge < -0.3 is 15.0 Å². The Morgan fingerprint density at radius 3 is 3.06 bits per heavy atom. The highest BCUT2D eigenvalue weighted by Crippen LogP contribution is 2.13. The summed E-state index contributed by atoms with van der Waals surface area (Å²) < 4.78 is 5.49. The maximum atomic E-state index is 12.2. The minimum Gasteiger partial charge on any atom is -0.366 e. The van der Waals surface area contributed by atoms with Crippen molar-refractivity contribution in [1.82, 2.24) is 10.2 Å². The van der Waals surface area contributed by atoms with Crippen molar-refractivity contribution in [3.8, 4) is 0 Å². The molecule has 1 unspecified atom stereocenters. The van der Waals surface area contributed by atoms with Gasteiger partial charge in [-0.1, -0.05) is 6.07 Å². The van der Waals surface area contributed by atoms with Gasteiger partial charge in [-0.05, 0) is 18.4 Å². The summed E-state index contributed by atoms with van der Waals surface area (Å²) in [4.78, 5) is 15.3. The molecule has 0 spiro atoms. The van der Waals surface area contributed by atoms with Crippen LogP contribution in [0.4, 0.5) is 0 Å². The summed E-state index contributed by atoms with van der Waals surface area (Å²) in [7, 11) is 0. The van der Waals surface area contributed by atoms with Gasteiger partial charge in [-0.15, -0.1) is 23.7 Å². The van der Waals surface area contributed by atoms with E-state index in [2.05, 4.69) is 11.4 Å². The molecule has 0 aliphatic carbocycles. The molecule has 2 rings (SSSR count). The van der Waals surface area contributed by atoms with E-state index in [1.807, 2.05) is 23.3 Å². The molecular formula is C12H19ClN2O2S. The number of morpholine rings is 1. The highest BCUT2D eigenvalue weighted by atomic mass is 35.5. The standard InChI is InChI=1S/C12H18N2O2S.ClH/c1-2-14(9-10-4-3-7-17-10)12(15)11-8-13-5-6-16-11;/h3-4,7,11,13H,2,5-6,8-9H2,1H3;1H. The van der Waals surface area contributed by atoms with Crippen LogP contribution < -0.4 is 5.32 Å². The summed E-state index contributed by atoms with van der Waals surface area (Å²) in [5, 5.41) is 5.22. The third-order valence-corrected chi connectivity index (χ3v) is 3.68. The van der Waals surface area contributed by atoms with Crippen molar-refractivity contribution in [2.24, 2.45) is 0 Å². The number of hydrogen-bond donors (Lipinski definition) is 1. The van der Waals surface area contributed by atoms with E-state index in [0.29, 0.717) is 19.7 Å². The van der Waals surface area contributed by atoms with E-state index < -0.39 is 0 Å². The molecule has 1 N–H and O–H groups in total. The van der Waals surface area contributed by atoms with Gasteiger partial charge in [0, 0.05) is 24.5 Å². The van der Waals surface area contributed by atoms with Crippen molar-refractivity contribution >= 4 is 29.7 Å². The highest BCUT2D eigenvalue weighted by molar-refractivity contribution is 7.09. The molecule has 6 heteroatoms. The van der Waals surface area contributed by atoms with Crippen molar-refractivity contribution in [3.63, 3.8) is 0 Å². The molecule has 4 nitrogen and oxygen atoms in total. The molecule has 0 radical (unpaired) electrons. The van der Waals surface area contributed by atoms with E-state index in [9.17, 15) is 4.79 Å². The van der Waals surface area contributed by atoms with Gasteiger partial charge in [0.25, 0.3) is 5.91 Å². The van der Waals surface area contributed by atoms with Gasteiger partial charge >= 0.3 is 0 Å². The largest absolute Gasteiger partial charge is 0.366 e. The van der Waals surface area contributed by atoms with E-state index in [0.717, 1.165) is 13.1 Å². The zero-order valence-corrected chi connectivity index (χ0v) is 12.1. The number of nitrogens with one attached hydrogen (secondary N) is 1. The van der Waals surface area contributed by atoms with Crippen LogP contribution >= 0.6 is 23.7 Å². The molecule has 0 bridgehead atoms. The lowest BCUT2D eigenvalue weighted by atomic mass is 10.2. The van der Waals surface area contributed by atoms with Gasteiger partial charge in [-0.3, -0.25) is 4.79 Å². The molecule has 1 saturated heterocycles. The predicted molar refractivity (Wildman–Crippen MR) is 75.3 cm³/mol. The fraction of sp³-hybridized carbons (Fsp3) is 0.583. The van der Waals surface area contributed by atoms with Gasteiger partial charge in [-0.2, -0.15) is 0 Å². The molecule has 1 aromatic rings. The lowest BCUT2D eigenvalue weighted by Gasteiger charge is -2.28. The average Bonchev–Trinajstić information content (AvgIpc) is 2.89. The summed E-state index contributed by atoms with van der Waals surface area (Å²) >= 11 is 1.68. The van der Waals surface area contributed by atoms with Crippen LogP contribution in [0, 0.1) is 0 Å². The van der Waals surface area contributed by atoms with E-state index in [4.69, 9.17) is 4.74 Å². The smallest absolute Gasteiger partial charge is 0.253 e. The van der Waals surface area contributed by atoms with Gasteiger partial charge in [-0.25, -0.2) is 0 Å². The van der Waals surface area contributed by atoms with Crippen molar-refractivity contribution in [1.29, 1.82) is 0 Å². The third kappa shape index (κ3) is 3.95. The van der Waals surface area contributed by atoms with Crippen LogP contribution in [-0.2, 0) is 16.1 Å². The minimum atomic E-state index is -0.316. The number of amides is 1. The lowest BCUT2D eigenvalue weighted by molar-refractivity contribution is -0.145. The average molecular weight is 291 g/mol. The monoisotopic (exact) mass is 290 g/mol. The number of ether oxygens (including phenoxy) is 1. The number of thiophene rings is 1. The van der Waals surface area contributed by atoms with Crippen LogP contribution in [-0.4, -0.2) is 43.2 Å². The molecule has 1 aliphatic heterocycles. The third-order valence-electron chi connectivity index (χ3n) is 2.82. The van der Waals surface area contributed by atoms with Crippen LogP contribution in [0.1, 0.15) is 11.8 Å². The van der Waals surface area contributed by atoms with Crippen LogP contribution in [0.5, 0.6) is 0 Å². The second-order valence-electron chi connectivity index (χ2n) is 4.00. The van der Waals surface area contributed by atoms with Crippen molar-refractivity contribution in [3.05, 3.63) is 22.4 Å². The predicted octanol–water partition coefficient (Wildman–Crippen LogP) is 1.51. The van der Waals surface area contributed by atoms with Gasteiger partial charge in [0.15, 0.2) is 0 Å². The van der Waals surface area contributed by atoms with Crippen LogP contribution in [0.25, 0.3) is 0 Å². The Labute approximate surface area is 118 Å². The Balaban J connectivity index is 0.00000162. The Hall–Kier alpha value is -0.620. The zero-order valence-electron chi connectivity index (χ0n) is 10.4. The first kappa shape index (κ1) is 15.4. The number of rotatable bonds is 4. The second-order valence-corrected chi connectivity index (χ2v) is 5.03. The number of halogens is 1. The molecule has 1 aliphatic rings. The summed E-state index contributed by atoms with van der Waals surface area (Å²) in [5.41, 5.74) is 0. The van der Waals surface area contributed by atoms with Crippen LogP contribution in [0.3, 0.4) is 0 Å². The quantitative estimate of drug-likeness (QED) is 0.914. The molecule has 1 atom stereocenters. The summed E-state index contributed by atoms with van der Waals surface area (Å²) in [6.07, 6.45) is -0.316. The van der Waals surface area contributed by atoms with E-state index in [1.165, 1.54) is 4.88 Å². The topological polar surface area (TPSA) is 41.6 Å². The number of carbonyl (C=O) groups excluding carboxylic acids is 1. The SMILES string of the molecule is CCN(Cc1cccs1)C(=O)C1CNCCO1.Cl. The normalized spacial score (nSPS) is 19.1. The van der Waals surface area contributed by atoms with Crippen molar-refractivity contribution in [2.45, 2.75) is 19.6 Å². The van der Waals surface area contributed by atoms with E-state index >= 15 is 0 Å². The molecule has 0 aromatic carbocycles. The number of hydrogen-bond acceptors (Lipinski definition) is 4. The number of nitrogens with zero attached hydrogens (tertiary/aromatic N) is 1. The van der Waals surface area contributed by atoms with Gasteiger partial charge in [0.1, 0.15) is 6.10 Å². The molecule has 1 fully saturated rings. The summed E-state index contributed by atoms with van der Waals surface area (Å²) in [6.45, 7) is 5.48. The molecule has 18 heavy (non-hydrogen) atoms. The van der Waals surface area contributed by atoms with E-state index in [1.54, 1.807) is 11.3 Å². The van der Waals surface area contributed by atoms with Crippen molar-refractivity contribution in [2.75, 3.05) is 26.2 Å². The molecule has 2 heterocycles.